The van der Waals surface area contributed by atoms with Gasteiger partial charge in [0, 0.05) is 5.41 Å². The van der Waals surface area contributed by atoms with E-state index < -0.39 is 5.97 Å². The first-order valence-electron chi connectivity index (χ1n) is 5.87. The molecule has 1 saturated carbocycles. The summed E-state index contributed by atoms with van der Waals surface area (Å²) in [5, 5.41) is 13.0. The summed E-state index contributed by atoms with van der Waals surface area (Å²) in [4.78, 5) is 14.8. The second kappa shape index (κ2) is 3.94. The lowest BCUT2D eigenvalue weighted by Crippen LogP contribution is -2.12. The van der Waals surface area contributed by atoms with Gasteiger partial charge < -0.3 is 5.11 Å². The lowest BCUT2D eigenvalue weighted by molar-refractivity contribution is -0.137. The highest BCUT2D eigenvalue weighted by Gasteiger charge is 2.45. The summed E-state index contributed by atoms with van der Waals surface area (Å²) in [6.45, 7) is 0. The number of aromatic nitrogens is 3. The second-order valence-electron chi connectivity index (χ2n) is 4.74. The van der Waals surface area contributed by atoms with E-state index in [0.717, 1.165) is 24.1 Å². The van der Waals surface area contributed by atoms with Crippen LogP contribution in [0.1, 0.15) is 24.8 Å². The van der Waals surface area contributed by atoms with Gasteiger partial charge in [-0.05, 0) is 30.5 Å². The molecule has 0 atom stereocenters. The summed E-state index contributed by atoms with van der Waals surface area (Å²) < 4.78 is 1.68. The van der Waals surface area contributed by atoms with Gasteiger partial charge in [-0.15, -0.1) is 0 Å². The first-order valence-corrected chi connectivity index (χ1v) is 5.87. The van der Waals surface area contributed by atoms with Crippen LogP contribution in [-0.4, -0.2) is 25.8 Å². The topological polar surface area (TPSA) is 68.0 Å². The Morgan fingerprint density at radius 1 is 1.33 bits per heavy atom. The van der Waals surface area contributed by atoms with Crippen LogP contribution in [0.4, 0.5) is 0 Å². The Kier molecular flexibility index (Phi) is 2.40. The van der Waals surface area contributed by atoms with Crippen molar-refractivity contribution in [2.24, 2.45) is 0 Å². The van der Waals surface area contributed by atoms with Crippen LogP contribution in [0.3, 0.4) is 0 Å². The molecule has 1 N–H and O–H groups in total. The summed E-state index contributed by atoms with van der Waals surface area (Å²) in [6.07, 6.45) is 5.26. The monoisotopic (exact) mass is 243 g/mol. The number of carbonyl (C=O) groups is 1. The number of carboxylic acid groups (broad SMARTS) is 1. The second-order valence-corrected chi connectivity index (χ2v) is 4.74. The average molecular weight is 243 g/mol. The fraction of sp³-hybridized carbons (Fsp3) is 0.308. The molecule has 2 aromatic rings. The van der Waals surface area contributed by atoms with Crippen LogP contribution in [0.2, 0.25) is 0 Å². The lowest BCUT2D eigenvalue weighted by atomic mass is 9.92. The van der Waals surface area contributed by atoms with Crippen molar-refractivity contribution in [1.82, 2.24) is 14.8 Å². The van der Waals surface area contributed by atoms with Gasteiger partial charge in [0.1, 0.15) is 12.7 Å². The molecule has 1 aliphatic rings. The molecular weight excluding hydrogens is 230 g/mol. The molecule has 1 fully saturated rings. The van der Waals surface area contributed by atoms with Crippen LogP contribution in [0, 0.1) is 0 Å². The van der Waals surface area contributed by atoms with Crippen molar-refractivity contribution in [2.75, 3.05) is 0 Å². The SMILES string of the molecule is O=C(O)CC1(c2ccc(-n3cncn3)cc2)CC1. The Morgan fingerprint density at radius 3 is 2.56 bits per heavy atom. The first-order chi connectivity index (χ1) is 8.70. The van der Waals surface area contributed by atoms with E-state index in [1.165, 1.54) is 6.33 Å². The first kappa shape index (κ1) is 11.0. The van der Waals surface area contributed by atoms with Crippen LogP contribution in [-0.2, 0) is 10.2 Å². The number of hydrogen-bond donors (Lipinski definition) is 1. The molecular formula is C13H13N3O2. The van der Waals surface area contributed by atoms with E-state index in [-0.39, 0.29) is 11.8 Å². The highest BCUT2D eigenvalue weighted by atomic mass is 16.4. The van der Waals surface area contributed by atoms with Gasteiger partial charge in [0.2, 0.25) is 0 Å². The van der Waals surface area contributed by atoms with Gasteiger partial charge >= 0.3 is 5.97 Å². The van der Waals surface area contributed by atoms with E-state index in [4.69, 9.17) is 5.11 Å². The zero-order valence-corrected chi connectivity index (χ0v) is 9.78. The Balaban J connectivity index is 1.86. The molecule has 0 amide bonds. The molecule has 18 heavy (non-hydrogen) atoms. The molecule has 1 aromatic carbocycles. The van der Waals surface area contributed by atoms with E-state index in [0.29, 0.717) is 0 Å². The maximum atomic E-state index is 10.9. The summed E-state index contributed by atoms with van der Waals surface area (Å²) in [6, 6.07) is 7.89. The summed E-state index contributed by atoms with van der Waals surface area (Å²) in [7, 11) is 0. The largest absolute Gasteiger partial charge is 0.481 e. The van der Waals surface area contributed by atoms with Crippen LogP contribution in [0.15, 0.2) is 36.9 Å². The molecule has 1 heterocycles. The van der Waals surface area contributed by atoms with Crippen molar-refractivity contribution >= 4 is 5.97 Å². The molecule has 3 rings (SSSR count). The fourth-order valence-corrected chi connectivity index (χ4v) is 2.32. The van der Waals surface area contributed by atoms with Gasteiger partial charge in [0.25, 0.3) is 0 Å². The minimum Gasteiger partial charge on any atom is -0.481 e. The Hall–Kier alpha value is -2.17. The Morgan fingerprint density at radius 2 is 2.06 bits per heavy atom. The minimum atomic E-state index is -0.729. The highest BCUT2D eigenvalue weighted by Crippen LogP contribution is 2.51. The van der Waals surface area contributed by atoms with Gasteiger partial charge in [-0.3, -0.25) is 4.79 Å². The molecule has 0 saturated heterocycles. The zero-order chi connectivity index (χ0) is 12.6. The number of benzene rings is 1. The van der Waals surface area contributed by atoms with Crippen LogP contribution in [0.5, 0.6) is 0 Å². The van der Waals surface area contributed by atoms with Crippen molar-refractivity contribution in [1.29, 1.82) is 0 Å². The van der Waals surface area contributed by atoms with Crippen molar-refractivity contribution in [2.45, 2.75) is 24.7 Å². The average Bonchev–Trinajstić information content (AvgIpc) is 2.93. The van der Waals surface area contributed by atoms with E-state index in [9.17, 15) is 4.79 Å². The zero-order valence-electron chi connectivity index (χ0n) is 9.78. The molecule has 92 valence electrons. The van der Waals surface area contributed by atoms with Crippen LogP contribution >= 0.6 is 0 Å². The normalized spacial score (nSPS) is 16.4. The molecule has 0 spiro atoms. The smallest absolute Gasteiger partial charge is 0.304 e. The van der Waals surface area contributed by atoms with Crippen LogP contribution in [0.25, 0.3) is 5.69 Å². The molecule has 0 aliphatic heterocycles. The third-order valence-electron chi connectivity index (χ3n) is 3.51. The minimum absolute atomic E-state index is 0.132. The third-order valence-corrected chi connectivity index (χ3v) is 3.51. The van der Waals surface area contributed by atoms with Crippen molar-refractivity contribution in [3.8, 4) is 5.69 Å². The summed E-state index contributed by atoms with van der Waals surface area (Å²) in [5.74, 6) is -0.729. The Labute approximate surface area is 104 Å². The maximum Gasteiger partial charge on any atom is 0.304 e. The van der Waals surface area contributed by atoms with Gasteiger partial charge in [0.15, 0.2) is 0 Å². The molecule has 5 heteroatoms. The Bertz CT molecular complexity index is 556. The van der Waals surface area contributed by atoms with E-state index >= 15 is 0 Å². The van der Waals surface area contributed by atoms with Crippen molar-refractivity contribution < 1.29 is 9.90 Å². The predicted octanol–water partition coefficient (Wildman–Crippen LogP) is 1.77. The number of aliphatic carboxylic acids is 1. The summed E-state index contributed by atoms with van der Waals surface area (Å²) >= 11 is 0. The quantitative estimate of drug-likeness (QED) is 0.888. The number of carboxylic acids is 1. The third kappa shape index (κ3) is 1.88. The molecule has 0 radical (unpaired) electrons. The lowest BCUT2D eigenvalue weighted by Gasteiger charge is -2.13. The van der Waals surface area contributed by atoms with Gasteiger partial charge in [-0.25, -0.2) is 9.67 Å². The number of rotatable bonds is 4. The highest BCUT2D eigenvalue weighted by molar-refractivity contribution is 5.70. The molecule has 5 nitrogen and oxygen atoms in total. The van der Waals surface area contributed by atoms with Crippen molar-refractivity contribution in [3.63, 3.8) is 0 Å². The van der Waals surface area contributed by atoms with E-state index in [2.05, 4.69) is 10.1 Å². The number of hydrogen-bond acceptors (Lipinski definition) is 3. The molecule has 0 unspecified atom stereocenters. The standard InChI is InChI=1S/C13H13N3O2/c17-12(18)7-13(5-6-13)10-1-3-11(4-2-10)16-9-14-8-15-16/h1-4,8-9H,5-7H2,(H,17,18). The van der Waals surface area contributed by atoms with Gasteiger partial charge in [-0.2, -0.15) is 5.10 Å². The van der Waals surface area contributed by atoms with Crippen LogP contribution < -0.4 is 0 Å². The van der Waals surface area contributed by atoms with Crippen molar-refractivity contribution in [3.05, 3.63) is 42.5 Å². The molecule has 1 aliphatic carbocycles. The molecule has 1 aromatic heterocycles. The fourth-order valence-electron chi connectivity index (χ4n) is 2.32. The molecule has 0 bridgehead atoms. The van der Waals surface area contributed by atoms with Gasteiger partial charge in [0.05, 0.1) is 12.1 Å². The predicted molar refractivity (Wildman–Crippen MR) is 64.5 cm³/mol. The summed E-state index contributed by atoms with van der Waals surface area (Å²) in [5.41, 5.74) is 1.91. The maximum absolute atomic E-state index is 10.9. The van der Waals surface area contributed by atoms with Gasteiger partial charge in [-0.1, -0.05) is 12.1 Å². The van der Waals surface area contributed by atoms with E-state index in [1.54, 1.807) is 11.0 Å². The van der Waals surface area contributed by atoms with E-state index in [1.807, 2.05) is 24.3 Å². The number of nitrogens with zero attached hydrogens (tertiary/aromatic N) is 3.